The van der Waals surface area contributed by atoms with Crippen LogP contribution in [0.25, 0.3) is 0 Å². The lowest BCUT2D eigenvalue weighted by Crippen LogP contribution is -2.59. The second-order valence-electron chi connectivity index (χ2n) is 5.72. The average molecular weight is 303 g/mol. The Bertz CT molecular complexity index is 442. The zero-order valence-corrected chi connectivity index (χ0v) is 13.0. The maximum atomic E-state index is 12.6. The van der Waals surface area contributed by atoms with E-state index in [4.69, 9.17) is 5.84 Å². The number of alkyl halides is 3. The molecule has 0 radical (unpaired) electrons. The molecule has 0 spiro atoms. The van der Waals surface area contributed by atoms with Crippen molar-refractivity contribution in [2.24, 2.45) is 5.84 Å². The Morgan fingerprint density at radius 3 is 2.05 bits per heavy atom. The van der Waals surface area contributed by atoms with Crippen molar-refractivity contribution in [2.45, 2.75) is 44.4 Å². The number of hydrazine groups is 1. The van der Waals surface area contributed by atoms with E-state index in [2.05, 4.69) is 24.2 Å². The van der Waals surface area contributed by atoms with Crippen molar-refractivity contribution in [3.05, 3.63) is 35.4 Å². The van der Waals surface area contributed by atoms with Gasteiger partial charge in [0.2, 0.25) is 0 Å². The van der Waals surface area contributed by atoms with Crippen molar-refractivity contribution in [1.82, 2.24) is 10.3 Å². The number of rotatable bonds is 6. The summed E-state index contributed by atoms with van der Waals surface area (Å²) in [5.41, 5.74) is 2.82. The molecule has 1 rings (SSSR count). The summed E-state index contributed by atoms with van der Waals surface area (Å²) < 4.78 is 37.7. The van der Waals surface area contributed by atoms with Crippen LogP contribution in [0.2, 0.25) is 0 Å². The van der Waals surface area contributed by atoms with Crippen molar-refractivity contribution >= 4 is 0 Å². The van der Waals surface area contributed by atoms with Crippen LogP contribution >= 0.6 is 0 Å². The highest BCUT2D eigenvalue weighted by atomic mass is 19.4. The molecule has 3 N–H and O–H groups in total. The van der Waals surface area contributed by atoms with Gasteiger partial charge in [0.15, 0.2) is 0 Å². The summed E-state index contributed by atoms with van der Waals surface area (Å²) in [6.07, 6.45) is -2.86. The third-order valence-corrected chi connectivity index (χ3v) is 4.41. The number of likely N-dealkylation sites (N-methyl/N-ethyl adjacent to an activating group) is 1. The first kappa shape index (κ1) is 17.9. The van der Waals surface area contributed by atoms with E-state index in [1.54, 1.807) is 0 Å². The molecule has 0 bridgehead atoms. The zero-order chi connectivity index (χ0) is 16.3. The highest BCUT2D eigenvalue weighted by Gasteiger charge is 2.34. The Morgan fingerprint density at radius 2 is 1.71 bits per heavy atom. The van der Waals surface area contributed by atoms with E-state index in [1.807, 2.05) is 14.1 Å². The molecular formula is C15H24F3N3. The second kappa shape index (κ2) is 6.77. The number of hydrogen-bond acceptors (Lipinski definition) is 3. The minimum Gasteiger partial charge on any atom is -0.302 e. The molecule has 0 aliphatic carbocycles. The summed E-state index contributed by atoms with van der Waals surface area (Å²) in [7, 11) is 3.95. The molecule has 2 unspecified atom stereocenters. The Morgan fingerprint density at radius 1 is 1.19 bits per heavy atom. The third kappa shape index (κ3) is 4.18. The lowest BCUT2D eigenvalue weighted by molar-refractivity contribution is -0.137. The predicted octanol–water partition coefficient (Wildman–Crippen LogP) is 2.81. The van der Waals surface area contributed by atoms with Crippen molar-refractivity contribution in [2.75, 3.05) is 14.1 Å². The van der Waals surface area contributed by atoms with Crippen LogP contribution in [0.3, 0.4) is 0 Å². The fraction of sp³-hybridized carbons (Fsp3) is 0.600. The summed E-state index contributed by atoms with van der Waals surface area (Å²) in [4.78, 5) is 2.08. The largest absolute Gasteiger partial charge is 0.416 e. The maximum Gasteiger partial charge on any atom is 0.416 e. The predicted molar refractivity (Wildman–Crippen MR) is 78.6 cm³/mol. The van der Waals surface area contributed by atoms with Crippen LogP contribution in [0.5, 0.6) is 0 Å². The van der Waals surface area contributed by atoms with Crippen molar-refractivity contribution in [1.29, 1.82) is 0 Å². The van der Waals surface area contributed by atoms with E-state index in [0.717, 1.165) is 24.1 Å². The molecule has 0 aliphatic heterocycles. The summed E-state index contributed by atoms with van der Waals surface area (Å²) in [5, 5.41) is 0. The highest BCUT2D eigenvalue weighted by molar-refractivity contribution is 5.25. The Kier molecular flexibility index (Phi) is 5.78. The highest BCUT2D eigenvalue weighted by Crippen LogP contribution is 2.30. The van der Waals surface area contributed by atoms with Gasteiger partial charge in [0.05, 0.1) is 5.56 Å². The zero-order valence-electron chi connectivity index (χ0n) is 13.0. The van der Waals surface area contributed by atoms with Crippen LogP contribution in [0, 0.1) is 0 Å². The van der Waals surface area contributed by atoms with E-state index in [1.165, 1.54) is 12.1 Å². The minimum atomic E-state index is -4.30. The molecule has 120 valence electrons. The Balaban J connectivity index is 2.92. The Hall–Kier alpha value is -1.11. The van der Waals surface area contributed by atoms with Gasteiger partial charge in [-0.1, -0.05) is 19.1 Å². The number of hydrogen-bond donors (Lipinski definition) is 2. The number of nitrogens with one attached hydrogen (secondary N) is 1. The van der Waals surface area contributed by atoms with E-state index >= 15 is 0 Å². The van der Waals surface area contributed by atoms with Gasteiger partial charge in [-0.3, -0.25) is 11.3 Å². The molecule has 0 heterocycles. The first-order valence-corrected chi connectivity index (χ1v) is 6.94. The van der Waals surface area contributed by atoms with Crippen LogP contribution in [-0.4, -0.2) is 30.6 Å². The van der Waals surface area contributed by atoms with Gasteiger partial charge in [-0.25, -0.2) is 0 Å². The monoisotopic (exact) mass is 303 g/mol. The van der Waals surface area contributed by atoms with Gasteiger partial charge < -0.3 is 4.90 Å². The minimum absolute atomic E-state index is 0.0609. The fourth-order valence-corrected chi connectivity index (χ4v) is 2.40. The first-order chi connectivity index (χ1) is 9.65. The van der Waals surface area contributed by atoms with E-state index in [9.17, 15) is 13.2 Å². The summed E-state index contributed by atoms with van der Waals surface area (Å²) in [6.45, 7) is 4.15. The van der Waals surface area contributed by atoms with Gasteiger partial charge in [-0.15, -0.1) is 0 Å². The van der Waals surface area contributed by atoms with Gasteiger partial charge in [0.25, 0.3) is 0 Å². The van der Waals surface area contributed by atoms with Gasteiger partial charge in [0.1, 0.15) is 0 Å². The number of benzene rings is 1. The van der Waals surface area contributed by atoms with E-state index < -0.39 is 11.7 Å². The first-order valence-electron chi connectivity index (χ1n) is 6.94. The smallest absolute Gasteiger partial charge is 0.302 e. The molecule has 0 fully saturated rings. The standard InChI is InChI=1S/C15H24F3N3/c1-5-14(2,21(3)4)13(20-19)10-11-6-8-12(9-7-11)15(16,17)18/h6-9,13,20H,5,10,19H2,1-4H3. The average Bonchev–Trinajstić information content (AvgIpc) is 2.43. The van der Waals surface area contributed by atoms with Crippen molar-refractivity contribution < 1.29 is 13.2 Å². The molecule has 0 aliphatic rings. The summed E-state index contributed by atoms with van der Waals surface area (Å²) in [6, 6.07) is 5.19. The Labute approximate surface area is 124 Å². The number of halogens is 3. The molecule has 1 aromatic rings. The SMILES string of the molecule is CCC(C)(C(Cc1ccc(C(F)(F)F)cc1)NN)N(C)C. The molecule has 21 heavy (non-hydrogen) atoms. The molecular weight excluding hydrogens is 279 g/mol. The number of nitrogens with zero attached hydrogens (tertiary/aromatic N) is 1. The van der Waals surface area contributed by atoms with E-state index in [-0.39, 0.29) is 11.6 Å². The van der Waals surface area contributed by atoms with Crippen LogP contribution < -0.4 is 11.3 Å². The van der Waals surface area contributed by atoms with Crippen LogP contribution in [0.1, 0.15) is 31.4 Å². The van der Waals surface area contributed by atoms with Crippen LogP contribution in [0.15, 0.2) is 24.3 Å². The molecule has 0 saturated heterocycles. The molecule has 2 atom stereocenters. The van der Waals surface area contributed by atoms with Gasteiger partial charge >= 0.3 is 6.18 Å². The summed E-state index contributed by atoms with van der Waals surface area (Å²) in [5.74, 6) is 5.66. The fourth-order valence-electron chi connectivity index (χ4n) is 2.40. The van der Waals surface area contributed by atoms with Gasteiger partial charge in [0, 0.05) is 11.6 Å². The maximum absolute atomic E-state index is 12.6. The third-order valence-electron chi connectivity index (χ3n) is 4.41. The quantitative estimate of drug-likeness (QED) is 0.627. The van der Waals surface area contributed by atoms with Gasteiger partial charge in [-0.2, -0.15) is 13.2 Å². The van der Waals surface area contributed by atoms with Crippen LogP contribution in [0.4, 0.5) is 13.2 Å². The normalized spacial score (nSPS) is 16.8. The molecule has 3 nitrogen and oxygen atoms in total. The van der Waals surface area contributed by atoms with Crippen molar-refractivity contribution in [3.63, 3.8) is 0 Å². The number of nitrogens with two attached hydrogens (primary N) is 1. The molecule has 0 saturated carbocycles. The molecule has 0 aromatic heterocycles. The lowest BCUT2D eigenvalue weighted by Gasteiger charge is -2.42. The summed E-state index contributed by atoms with van der Waals surface area (Å²) >= 11 is 0. The second-order valence-corrected chi connectivity index (χ2v) is 5.72. The molecule has 6 heteroatoms. The lowest BCUT2D eigenvalue weighted by atomic mass is 9.84. The van der Waals surface area contributed by atoms with Crippen LogP contribution in [-0.2, 0) is 12.6 Å². The van der Waals surface area contributed by atoms with Gasteiger partial charge in [-0.05, 0) is 51.6 Å². The topological polar surface area (TPSA) is 41.3 Å². The molecule has 0 amide bonds. The molecule has 1 aromatic carbocycles. The van der Waals surface area contributed by atoms with Crippen molar-refractivity contribution in [3.8, 4) is 0 Å². The van der Waals surface area contributed by atoms with E-state index in [0.29, 0.717) is 6.42 Å².